The third-order valence-electron chi connectivity index (χ3n) is 4.78. The van der Waals surface area contributed by atoms with Crippen molar-refractivity contribution < 1.29 is 9.53 Å². The van der Waals surface area contributed by atoms with Crippen LogP contribution >= 0.6 is 0 Å². The van der Waals surface area contributed by atoms with Crippen molar-refractivity contribution in [2.45, 2.75) is 33.1 Å². The number of hydrogen-bond donors (Lipinski definition) is 1. The van der Waals surface area contributed by atoms with E-state index in [0.29, 0.717) is 25.6 Å². The number of piperazine rings is 1. The lowest BCUT2D eigenvalue weighted by Gasteiger charge is -2.34. The summed E-state index contributed by atoms with van der Waals surface area (Å²) in [7, 11) is 0. The second-order valence-corrected chi connectivity index (χ2v) is 7.86. The van der Waals surface area contributed by atoms with Crippen molar-refractivity contribution >= 4 is 23.5 Å². The van der Waals surface area contributed by atoms with E-state index in [0.717, 1.165) is 24.6 Å². The first-order valence-corrected chi connectivity index (χ1v) is 9.74. The van der Waals surface area contributed by atoms with Gasteiger partial charge in [-0.15, -0.1) is 0 Å². The highest BCUT2D eigenvalue weighted by Crippen LogP contribution is 2.24. The van der Waals surface area contributed by atoms with Crippen LogP contribution in [-0.2, 0) is 10.2 Å². The van der Waals surface area contributed by atoms with E-state index in [9.17, 15) is 4.79 Å². The molecule has 1 aliphatic rings. The van der Waals surface area contributed by atoms with Crippen molar-refractivity contribution in [3.8, 4) is 0 Å². The van der Waals surface area contributed by atoms with Gasteiger partial charge in [-0.3, -0.25) is 0 Å². The number of nitrogens with zero attached hydrogens (tertiary/aromatic N) is 4. The van der Waals surface area contributed by atoms with Crippen LogP contribution in [0.3, 0.4) is 0 Å². The second kappa shape index (κ2) is 8.46. The van der Waals surface area contributed by atoms with Crippen molar-refractivity contribution in [2.75, 3.05) is 43.0 Å². The minimum atomic E-state index is -0.245. The molecule has 2 heterocycles. The zero-order valence-electron chi connectivity index (χ0n) is 17.1. The van der Waals surface area contributed by atoms with E-state index >= 15 is 0 Å². The maximum Gasteiger partial charge on any atom is 0.409 e. The molecule has 1 aromatic carbocycles. The molecule has 0 bridgehead atoms. The number of benzene rings is 1. The molecule has 1 aromatic heterocycles. The predicted octanol–water partition coefficient (Wildman–Crippen LogP) is 3.80. The van der Waals surface area contributed by atoms with Crippen LogP contribution in [0.15, 0.2) is 36.5 Å². The zero-order chi connectivity index (χ0) is 20.1. The van der Waals surface area contributed by atoms with Crippen LogP contribution in [0.1, 0.15) is 33.3 Å². The predicted molar refractivity (Wildman–Crippen MR) is 111 cm³/mol. The Morgan fingerprint density at radius 3 is 2.39 bits per heavy atom. The smallest absolute Gasteiger partial charge is 0.409 e. The van der Waals surface area contributed by atoms with Crippen LogP contribution < -0.4 is 10.2 Å². The first kappa shape index (κ1) is 19.9. The van der Waals surface area contributed by atoms with Crippen LogP contribution in [0.2, 0.25) is 0 Å². The third kappa shape index (κ3) is 4.91. The van der Waals surface area contributed by atoms with E-state index in [-0.39, 0.29) is 11.5 Å². The molecule has 0 atom stereocenters. The molecule has 0 aliphatic carbocycles. The van der Waals surface area contributed by atoms with Gasteiger partial charge >= 0.3 is 6.09 Å². The van der Waals surface area contributed by atoms with Gasteiger partial charge in [-0.25, -0.2) is 9.78 Å². The average Bonchev–Trinajstić information content (AvgIpc) is 2.68. The van der Waals surface area contributed by atoms with Gasteiger partial charge in [0.15, 0.2) is 0 Å². The lowest BCUT2D eigenvalue weighted by atomic mass is 9.87. The number of ether oxygens (including phenoxy) is 1. The summed E-state index contributed by atoms with van der Waals surface area (Å²) in [4.78, 5) is 24.7. The normalized spacial score (nSPS) is 14.7. The number of hydrogen-bond acceptors (Lipinski definition) is 6. The molecule has 3 rings (SSSR count). The molecule has 1 saturated heterocycles. The summed E-state index contributed by atoms with van der Waals surface area (Å²) in [6.45, 7) is 11.5. The minimum Gasteiger partial charge on any atom is -0.450 e. The van der Waals surface area contributed by atoms with Crippen LogP contribution in [0, 0.1) is 0 Å². The van der Waals surface area contributed by atoms with Crippen LogP contribution in [0.4, 0.5) is 22.2 Å². The zero-order valence-corrected chi connectivity index (χ0v) is 17.1. The molecule has 0 spiro atoms. The van der Waals surface area contributed by atoms with Gasteiger partial charge in [0.2, 0.25) is 5.95 Å². The number of carbonyl (C=O) groups excluding carboxylic acids is 1. The average molecular weight is 383 g/mol. The Kier molecular flexibility index (Phi) is 6.02. The number of rotatable bonds is 4. The summed E-state index contributed by atoms with van der Waals surface area (Å²) in [5, 5.41) is 3.27. The highest BCUT2D eigenvalue weighted by molar-refractivity contribution is 5.68. The standard InChI is InChI=1S/C21H29N5O2/c1-5-28-20(27)26-14-12-25(13-15-26)18-10-11-22-19(24-18)23-17-8-6-16(7-9-17)21(2,3)4/h6-11H,5,12-15H2,1-4H3,(H,22,23,24). The summed E-state index contributed by atoms with van der Waals surface area (Å²) in [5.41, 5.74) is 2.37. The SMILES string of the molecule is CCOC(=O)N1CCN(c2ccnc(Nc3ccc(C(C)(C)C)cc3)n2)CC1. The number of carbonyl (C=O) groups is 1. The van der Waals surface area contributed by atoms with E-state index in [1.165, 1.54) is 5.56 Å². The van der Waals surface area contributed by atoms with E-state index in [4.69, 9.17) is 4.74 Å². The lowest BCUT2D eigenvalue weighted by Crippen LogP contribution is -2.49. The molecule has 1 amide bonds. The number of aromatic nitrogens is 2. The van der Waals surface area contributed by atoms with Gasteiger partial charge < -0.3 is 19.9 Å². The van der Waals surface area contributed by atoms with Crippen molar-refractivity contribution in [2.24, 2.45) is 0 Å². The molecule has 7 nitrogen and oxygen atoms in total. The number of nitrogens with one attached hydrogen (secondary N) is 1. The Morgan fingerprint density at radius 1 is 1.11 bits per heavy atom. The topological polar surface area (TPSA) is 70.6 Å². The van der Waals surface area contributed by atoms with Crippen molar-refractivity contribution in [1.29, 1.82) is 0 Å². The van der Waals surface area contributed by atoms with Crippen molar-refractivity contribution in [3.05, 3.63) is 42.1 Å². The molecule has 7 heteroatoms. The van der Waals surface area contributed by atoms with Gasteiger partial charge in [-0.2, -0.15) is 4.98 Å². The van der Waals surface area contributed by atoms with Gasteiger partial charge in [-0.1, -0.05) is 32.9 Å². The Morgan fingerprint density at radius 2 is 1.79 bits per heavy atom. The second-order valence-electron chi connectivity index (χ2n) is 7.86. The molecule has 0 unspecified atom stereocenters. The Balaban J connectivity index is 1.62. The molecule has 28 heavy (non-hydrogen) atoms. The van der Waals surface area contributed by atoms with E-state index in [1.54, 1.807) is 11.1 Å². The van der Waals surface area contributed by atoms with Gasteiger partial charge in [0.1, 0.15) is 5.82 Å². The molecular weight excluding hydrogens is 354 g/mol. The monoisotopic (exact) mass is 383 g/mol. The van der Waals surface area contributed by atoms with Gasteiger partial charge in [0.25, 0.3) is 0 Å². The van der Waals surface area contributed by atoms with Crippen molar-refractivity contribution in [3.63, 3.8) is 0 Å². The molecule has 1 fully saturated rings. The fourth-order valence-corrected chi connectivity index (χ4v) is 3.10. The summed E-state index contributed by atoms with van der Waals surface area (Å²) < 4.78 is 5.07. The van der Waals surface area contributed by atoms with Gasteiger partial charge in [-0.05, 0) is 36.1 Å². The largest absolute Gasteiger partial charge is 0.450 e. The van der Waals surface area contributed by atoms with Gasteiger partial charge in [0.05, 0.1) is 6.61 Å². The summed E-state index contributed by atoms with van der Waals surface area (Å²) in [5.74, 6) is 1.42. The Labute approximate surface area is 166 Å². The molecule has 0 saturated carbocycles. The van der Waals surface area contributed by atoms with Crippen LogP contribution in [-0.4, -0.2) is 53.7 Å². The summed E-state index contributed by atoms with van der Waals surface area (Å²) >= 11 is 0. The Bertz CT molecular complexity index is 793. The summed E-state index contributed by atoms with van der Waals surface area (Å²) in [6, 6.07) is 10.2. The number of anilines is 3. The Hall–Kier alpha value is -2.83. The first-order valence-electron chi connectivity index (χ1n) is 9.74. The van der Waals surface area contributed by atoms with Crippen molar-refractivity contribution in [1.82, 2.24) is 14.9 Å². The molecule has 1 N–H and O–H groups in total. The van der Waals surface area contributed by atoms with E-state index < -0.39 is 0 Å². The van der Waals surface area contributed by atoms with Crippen LogP contribution in [0.5, 0.6) is 0 Å². The molecule has 150 valence electrons. The third-order valence-corrected chi connectivity index (χ3v) is 4.78. The molecular formula is C21H29N5O2. The first-order chi connectivity index (χ1) is 13.4. The maximum atomic E-state index is 11.8. The fourth-order valence-electron chi connectivity index (χ4n) is 3.10. The molecule has 1 aliphatic heterocycles. The quantitative estimate of drug-likeness (QED) is 0.866. The number of amides is 1. The van der Waals surface area contributed by atoms with E-state index in [1.807, 2.05) is 13.0 Å². The minimum absolute atomic E-state index is 0.126. The van der Waals surface area contributed by atoms with Crippen LogP contribution in [0.25, 0.3) is 0 Å². The lowest BCUT2D eigenvalue weighted by molar-refractivity contribution is 0.105. The molecule has 0 radical (unpaired) electrons. The fraction of sp³-hybridized carbons (Fsp3) is 0.476. The highest BCUT2D eigenvalue weighted by Gasteiger charge is 2.23. The molecule has 2 aromatic rings. The van der Waals surface area contributed by atoms with Gasteiger partial charge in [0, 0.05) is 38.1 Å². The highest BCUT2D eigenvalue weighted by atomic mass is 16.6. The van der Waals surface area contributed by atoms with E-state index in [2.05, 4.69) is 65.2 Å². The maximum absolute atomic E-state index is 11.8. The summed E-state index contributed by atoms with van der Waals surface area (Å²) in [6.07, 6.45) is 1.51.